The smallest absolute Gasteiger partial charge is 0.409 e. The van der Waals surface area contributed by atoms with Crippen molar-refractivity contribution in [2.75, 3.05) is 26.2 Å². The quantitative estimate of drug-likeness (QED) is 0.782. The molecule has 1 fully saturated rings. The number of carbonyl (C=O) groups is 1. The van der Waals surface area contributed by atoms with Crippen molar-refractivity contribution < 1.29 is 9.53 Å². The van der Waals surface area contributed by atoms with Gasteiger partial charge in [-0.15, -0.1) is 0 Å². The maximum absolute atomic E-state index is 11.9. The zero-order chi connectivity index (χ0) is 17.5. The zero-order valence-electron chi connectivity index (χ0n) is 14.6. The molecule has 1 aromatic rings. The Kier molecular flexibility index (Phi) is 6.96. The van der Waals surface area contributed by atoms with Gasteiger partial charge in [0.2, 0.25) is 0 Å². The van der Waals surface area contributed by atoms with Crippen LogP contribution in [0.2, 0.25) is 5.02 Å². The summed E-state index contributed by atoms with van der Waals surface area (Å²) < 4.78 is 5.10. The molecule has 2 rings (SSSR count). The molecule has 5 heteroatoms. The second kappa shape index (κ2) is 8.96. The Morgan fingerprint density at radius 3 is 2.83 bits per heavy atom. The molecule has 1 amide bonds. The fraction of sp³-hybridized carbons (Fsp3) is 0.526. The van der Waals surface area contributed by atoms with Gasteiger partial charge in [-0.3, -0.25) is 4.90 Å². The van der Waals surface area contributed by atoms with Crippen LogP contribution >= 0.6 is 11.6 Å². The summed E-state index contributed by atoms with van der Waals surface area (Å²) >= 11 is 6.01. The highest BCUT2D eigenvalue weighted by Crippen LogP contribution is 2.16. The number of nitrogens with zero attached hydrogens (tertiary/aromatic N) is 2. The minimum absolute atomic E-state index is 0.170. The van der Waals surface area contributed by atoms with Gasteiger partial charge in [0.05, 0.1) is 12.6 Å². The van der Waals surface area contributed by atoms with Crippen molar-refractivity contribution in [2.24, 2.45) is 0 Å². The van der Waals surface area contributed by atoms with E-state index in [2.05, 4.69) is 30.6 Å². The molecule has 0 aromatic heterocycles. The highest BCUT2D eigenvalue weighted by molar-refractivity contribution is 6.30. The first-order valence-electron chi connectivity index (χ1n) is 8.49. The van der Waals surface area contributed by atoms with E-state index >= 15 is 0 Å². The first kappa shape index (κ1) is 18.6. The molecular weight excluding hydrogens is 324 g/mol. The maximum atomic E-state index is 11.9. The molecule has 1 heterocycles. The summed E-state index contributed by atoms with van der Waals surface area (Å²) in [7, 11) is 0. The monoisotopic (exact) mass is 348 g/mol. The van der Waals surface area contributed by atoms with E-state index in [1.54, 1.807) is 4.90 Å². The number of carbonyl (C=O) groups excluding carboxylic acids is 1. The van der Waals surface area contributed by atoms with Crippen molar-refractivity contribution in [2.45, 2.75) is 39.3 Å². The van der Waals surface area contributed by atoms with Gasteiger partial charge in [-0.1, -0.05) is 36.4 Å². The molecule has 1 aliphatic heterocycles. The van der Waals surface area contributed by atoms with Crippen molar-refractivity contribution in [1.29, 1.82) is 0 Å². The Bertz CT molecular complexity index is 623. The van der Waals surface area contributed by atoms with Crippen molar-refractivity contribution in [3.63, 3.8) is 0 Å². The van der Waals surface area contributed by atoms with Gasteiger partial charge in [-0.05, 0) is 38.5 Å². The summed E-state index contributed by atoms with van der Waals surface area (Å²) in [6.45, 7) is 8.68. The number of halogens is 1. The highest BCUT2D eigenvalue weighted by atomic mass is 35.5. The number of ether oxygens (including phenoxy) is 1. The minimum Gasteiger partial charge on any atom is -0.450 e. The molecule has 1 aliphatic rings. The molecular formula is C19H25ClN2O2. The van der Waals surface area contributed by atoms with Crippen LogP contribution in [-0.4, -0.2) is 54.2 Å². The number of benzene rings is 1. The summed E-state index contributed by atoms with van der Waals surface area (Å²) in [5.41, 5.74) is 0.929. The van der Waals surface area contributed by atoms with Crippen molar-refractivity contribution >= 4 is 17.7 Å². The third-order valence-corrected chi connectivity index (χ3v) is 4.43. The predicted octanol–water partition coefficient (Wildman–Crippen LogP) is 3.63. The van der Waals surface area contributed by atoms with Crippen molar-refractivity contribution in [3.05, 3.63) is 34.9 Å². The number of hydrogen-bond donors (Lipinski definition) is 0. The van der Waals surface area contributed by atoms with Crippen LogP contribution in [-0.2, 0) is 4.74 Å². The number of piperazine rings is 1. The molecule has 0 radical (unpaired) electrons. The van der Waals surface area contributed by atoms with E-state index in [9.17, 15) is 4.79 Å². The number of amides is 1. The van der Waals surface area contributed by atoms with Gasteiger partial charge in [0, 0.05) is 36.3 Å². The van der Waals surface area contributed by atoms with Crippen LogP contribution in [0.1, 0.15) is 32.8 Å². The second-order valence-electron chi connectivity index (χ2n) is 5.94. The first-order valence-corrected chi connectivity index (χ1v) is 8.87. The minimum atomic E-state index is -0.220. The van der Waals surface area contributed by atoms with Crippen molar-refractivity contribution in [3.8, 4) is 11.8 Å². The Morgan fingerprint density at radius 2 is 2.21 bits per heavy atom. The molecule has 1 aromatic carbocycles. The lowest BCUT2D eigenvalue weighted by Gasteiger charge is -2.41. The van der Waals surface area contributed by atoms with Gasteiger partial charge in [0.25, 0.3) is 0 Å². The lowest BCUT2D eigenvalue weighted by Crippen LogP contribution is -2.56. The third kappa shape index (κ3) is 4.90. The number of hydrogen-bond acceptors (Lipinski definition) is 3. The molecule has 0 saturated carbocycles. The second-order valence-corrected chi connectivity index (χ2v) is 6.37. The summed E-state index contributed by atoms with van der Waals surface area (Å²) in [6, 6.07) is 8.02. The first-order chi connectivity index (χ1) is 11.5. The van der Waals surface area contributed by atoms with E-state index in [4.69, 9.17) is 16.3 Å². The van der Waals surface area contributed by atoms with Gasteiger partial charge >= 0.3 is 6.09 Å². The Labute approximate surface area is 149 Å². The van der Waals surface area contributed by atoms with Crippen LogP contribution in [0.25, 0.3) is 0 Å². The predicted molar refractivity (Wildman–Crippen MR) is 97.2 cm³/mol. The van der Waals surface area contributed by atoms with Gasteiger partial charge in [-0.2, -0.15) is 0 Å². The molecule has 0 unspecified atom stereocenters. The van der Waals surface area contributed by atoms with E-state index < -0.39 is 0 Å². The standard InChI is InChI=1S/C19H25ClN2O2/c1-4-18(10-9-16-7-6-8-17(20)13-16)22-12-11-21(14-15(22)3)19(23)24-5-2/h6-8,13,15,18H,4-5,11-12,14H2,1-3H3/t15-,18+/m1/s1. The Morgan fingerprint density at radius 1 is 1.42 bits per heavy atom. The lowest BCUT2D eigenvalue weighted by atomic mass is 10.1. The fourth-order valence-electron chi connectivity index (χ4n) is 2.97. The van der Waals surface area contributed by atoms with Gasteiger partial charge in [0.1, 0.15) is 0 Å². The van der Waals surface area contributed by atoms with Crippen LogP contribution in [0.15, 0.2) is 24.3 Å². The maximum Gasteiger partial charge on any atom is 0.409 e. The van der Waals surface area contributed by atoms with E-state index in [1.807, 2.05) is 31.2 Å². The molecule has 24 heavy (non-hydrogen) atoms. The summed E-state index contributed by atoms with van der Waals surface area (Å²) in [5.74, 6) is 6.59. The third-order valence-electron chi connectivity index (χ3n) is 4.20. The zero-order valence-corrected chi connectivity index (χ0v) is 15.3. The molecule has 1 saturated heterocycles. The molecule has 2 atom stereocenters. The normalized spacial score (nSPS) is 19.3. The Hall–Kier alpha value is -1.70. The summed E-state index contributed by atoms with van der Waals surface area (Å²) in [5, 5.41) is 0.700. The SMILES string of the molecule is CCOC(=O)N1CCN([C@H](C#Cc2cccc(Cl)c2)CC)[C@H](C)C1. The molecule has 0 aliphatic carbocycles. The highest BCUT2D eigenvalue weighted by Gasteiger charge is 2.30. The molecule has 130 valence electrons. The fourth-order valence-corrected chi connectivity index (χ4v) is 3.16. The summed E-state index contributed by atoms with van der Waals surface area (Å²) in [6.07, 6.45) is 0.721. The van der Waals surface area contributed by atoms with Crippen LogP contribution in [0.5, 0.6) is 0 Å². The molecule has 0 bridgehead atoms. The average Bonchev–Trinajstić information content (AvgIpc) is 2.56. The Balaban J connectivity index is 2.03. The van der Waals surface area contributed by atoms with Crippen LogP contribution < -0.4 is 0 Å². The average molecular weight is 349 g/mol. The lowest BCUT2D eigenvalue weighted by molar-refractivity contribution is 0.0473. The van der Waals surface area contributed by atoms with E-state index in [-0.39, 0.29) is 18.2 Å². The van der Waals surface area contributed by atoms with Crippen molar-refractivity contribution in [1.82, 2.24) is 9.80 Å². The van der Waals surface area contributed by atoms with Crippen LogP contribution in [0, 0.1) is 11.8 Å². The van der Waals surface area contributed by atoms with E-state index in [0.29, 0.717) is 24.7 Å². The van der Waals surface area contributed by atoms with Gasteiger partial charge in [0.15, 0.2) is 0 Å². The van der Waals surface area contributed by atoms with Crippen LogP contribution in [0.4, 0.5) is 4.79 Å². The number of rotatable bonds is 3. The molecule has 0 spiro atoms. The topological polar surface area (TPSA) is 32.8 Å². The van der Waals surface area contributed by atoms with Gasteiger partial charge < -0.3 is 9.64 Å². The van der Waals surface area contributed by atoms with E-state index in [1.165, 1.54) is 0 Å². The molecule has 0 N–H and O–H groups in total. The van der Waals surface area contributed by atoms with E-state index in [0.717, 1.165) is 18.5 Å². The van der Waals surface area contributed by atoms with Crippen LogP contribution in [0.3, 0.4) is 0 Å². The largest absolute Gasteiger partial charge is 0.450 e. The van der Waals surface area contributed by atoms with Gasteiger partial charge in [-0.25, -0.2) is 4.79 Å². The molecule has 4 nitrogen and oxygen atoms in total. The summed E-state index contributed by atoms with van der Waals surface area (Å²) in [4.78, 5) is 16.0.